The number of benzene rings is 2. The van der Waals surface area contributed by atoms with E-state index in [-0.39, 0.29) is 11.5 Å². The van der Waals surface area contributed by atoms with E-state index in [1.54, 1.807) is 32.2 Å². The van der Waals surface area contributed by atoms with Gasteiger partial charge < -0.3 is 9.84 Å². The van der Waals surface area contributed by atoms with Gasteiger partial charge in [0.1, 0.15) is 17.3 Å². The third-order valence-corrected chi connectivity index (χ3v) is 3.83. The van der Waals surface area contributed by atoms with Crippen LogP contribution in [0.5, 0.6) is 5.75 Å². The van der Waals surface area contributed by atoms with Crippen molar-refractivity contribution in [3.63, 3.8) is 0 Å². The fourth-order valence-electron chi connectivity index (χ4n) is 2.62. The van der Waals surface area contributed by atoms with Gasteiger partial charge in [0.2, 0.25) is 0 Å². The fourth-order valence-corrected chi connectivity index (χ4v) is 2.62. The number of hydrogen-bond donors (Lipinski definition) is 1. The van der Waals surface area contributed by atoms with Gasteiger partial charge >= 0.3 is 5.97 Å². The lowest BCUT2D eigenvalue weighted by molar-refractivity contribution is -0.113. The Balaban J connectivity index is 1.93. The summed E-state index contributed by atoms with van der Waals surface area (Å²) in [6, 6.07) is 13.5. The average molecular weight is 336 g/mol. The topological polar surface area (TPSA) is 79.2 Å². The first kappa shape index (κ1) is 16.4. The molecule has 3 rings (SSSR count). The van der Waals surface area contributed by atoms with Crippen LogP contribution < -0.4 is 9.64 Å². The van der Waals surface area contributed by atoms with E-state index in [1.165, 1.54) is 17.0 Å². The summed E-state index contributed by atoms with van der Waals surface area (Å²) in [5, 5.41) is 8.98. The van der Waals surface area contributed by atoms with Crippen LogP contribution in [0.4, 0.5) is 5.69 Å². The summed E-state index contributed by atoms with van der Waals surface area (Å²) in [7, 11) is 1.57. The van der Waals surface area contributed by atoms with Crippen LogP contribution >= 0.6 is 0 Å². The number of para-hydroxylation sites is 1. The lowest BCUT2D eigenvalue weighted by Crippen LogP contribution is -2.30. The van der Waals surface area contributed by atoms with Gasteiger partial charge in [-0.25, -0.2) is 9.79 Å². The summed E-state index contributed by atoms with van der Waals surface area (Å²) in [4.78, 5) is 29.5. The molecule has 0 spiro atoms. The van der Waals surface area contributed by atoms with Crippen molar-refractivity contribution in [1.29, 1.82) is 0 Å². The minimum atomic E-state index is -1.01. The smallest absolute Gasteiger partial charge is 0.335 e. The number of rotatable bonds is 4. The van der Waals surface area contributed by atoms with E-state index in [4.69, 9.17) is 9.84 Å². The average Bonchev–Trinajstić information content (AvgIpc) is 2.89. The number of nitrogens with zero attached hydrogens (tertiary/aromatic N) is 2. The molecule has 1 N–H and O–H groups in total. The van der Waals surface area contributed by atoms with Gasteiger partial charge in [0, 0.05) is 5.56 Å². The van der Waals surface area contributed by atoms with Gasteiger partial charge in [-0.15, -0.1) is 0 Å². The Labute approximate surface area is 144 Å². The lowest BCUT2D eigenvalue weighted by Gasteiger charge is -2.16. The molecule has 0 saturated heterocycles. The fraction of sp³-hybridized carbons (Fsp3) is 0.105. The maximum Gasteiger partial charge on any atom is 0.335 e. The number of amidine groups is 1. The highest BCUT2D eigenvalue weighted by Gasteiger charge is 2.29. The van der Waals surface area contributed by atoms with E-state index in [2.05, 4.69) is 4.99 Å². The standard InChI is InChI=1S/C19H16N2O4/c1-12-20-16(11-14-5-3-4-6-17(14)25-2)18(22)21(12)15-9-7-13(8-10-15)19(23)24/h3-11H,1-2H3,(H,23,24)/b16-11+. The zero-order valence-electron chi connectivity index (χ0n) is 13.8. The molecule has 1 aliphatic rings. The molecular formula is C19H16N2O4. The van der Waals surface area contributed by atoms with Crippen molar-refractivity contribution in [3.8, 4) is 5.75 Å². The largest absolute Gasteiger partial charge is 0.496 e. The highest BCUT2D eigenvalue weighted by molar-refractivity contribution is 6.28. The zero-order chi connectivity index (χ0) is 18.0. The van der Waals surface area contributed by atoms with Crippen LogP contribution in [-0.4, -0.2) is 29.9 Å². The number of aliphatic imine (C=N–C) groups is 1. The Hall–Kier alpha value is -3.41. The van der Waals surface area contributed by atoms with E-state index in [0.29, 0.717) is 23.0 Å². The second-order valence-electron chi connectivity index (χ2n) is 5.42. The van der Waals surface area contributed by atoms with Crippen molar-refractivity contribution >= 4 is 29.5 Å². The summed E-state index contributed by atoms with van der Waals surface area (Å²) >= 11 is 0. The van der Waals surface area contributed by atoms with E-state index >= 15 is 0 Å². The van der Waals surface area contributed by atoms with Crippen LogP contribution in [0, 0.1) is 0 Å². The molecule has 1 aliphatic heterocycles. The summed E-state index contributed by atoms with van der Waals surface area (Å²) in [6.07, 6.45) is 1.68. The van der Waals surface area contributed by atoms with Crippen LogP contribution in [0.3, 0.4) is 0 Å². The van der Waals surface area contributed by atoms with Crippen LogP contribution in [0.1, 0.15) is 22.8 Å². The number of methoxy groups -OCH3 is 1. The highest BCUT2D eigenvalue weighted by Crippen LogP contribution is 2.27. The number of hydrogen-bond acceptors (Lipinski definition) is 4. The number of carboxylic acids is 1. The number of aromatic carboxylic acids is 1. The molecule has 0 radical (unpaired) electrons. The summed E-state index contributed by atoms with van der Waals surface area (Å²) < 4.78 is 5.29. The van der Waals surface area contributed by atoms with Crippen molar-refractivity contribution in [2.75, 3.05) is 12.0 Å². The molecule has 0 saturated carbocycles. The third kappa shape index (κ3) is 3.14. The van der Waals surface area contributed by atoms with E-state index in [0.717, 1.165) is 5.56 Å². The van der Waals surface area contributed by atoms with Crippen molar-refractivity contribution in [2.45, 2.75) is 6.92 Å². The molecular weight excluding hydrogens is 320 g/mol. The number of ether oxygens (including phenoxy) is 1. The molecule has 1 heterocycles. The first-order valence-corrected chi connectivity index (χ1v) is 7.59. The van der Waals surface area contributed by atoms with Crippen LogP contribution in [0.2, 0.25) is 0 Å². The molecule has 1 amide bonds. The zero-order valence-corrected chi connectivity index (χ0v) is 13.8. The highest BCUT2D eigenvalue weighted by atomic mass is 16.5. The van der Waals surface area contributed by atoms with E-state index in [9.17, 15) is 9.59 Å². The van der Waals surface area contributed by atoms with Gasteiger partial charge in [-0.2, -0.15) is 0 Å². The van der Waals surface area contributed by atoms with Crippen LogP contribution in [0.25, 0.3) is 6.08 Å². The summed E-state index contributed by atoms with van der Waals surface area (Å²) in [5.41, 5.74) is 1.78. The number of carboxylic acid groups (broad SMARTS) is 1. The predicted octanol–water partition coefficient (Wildman–Crippen LogP) is 3.20. The second-order valence-corrected chi connectivity index (χ2v) is 5.42. The number of carbonyl (C=O) groups is 2. The molecule has 126 valence electrons. The van der Waals surface area contributed by atoms with Crippen molar-refractivity contribution in [2.24, 2.45) is 4.99 Å². The Morgan fingerprint density at radius 2 is 1.84 bits per heavy atom. The molecule has 6 nitrogen and oxygen atoms in total. The monoisotopic (exact) mass is 336 g/mol. The molecule has 0 bridgehead atoms. The van der Waals surface area contributed by atoms with E-state index < -0.39 is 5.97 Å². The molecule has 0 unspecified atom stereocenters. The summed E-state index contributed by atoms with van der Waals surface area (Å²) in [6.45, 7) is 1.73. The first-order chi connectivity index (χ1) is 12.0. The van der Waals surface area contributed by atoms with Crippen molar-refractivity contribution in [1.82, 2.24) is 0 Å². The van der Waals surface area contributed by atoms with Crippen LogP contribution in [0.15, 0.2) is 59.2 Å². The Bertz CT molecular complexity index is 898. The van der Waals surface area contributed by atoms with Gasteiger partial charge in [0.15, 0.2) is 0 Å². The molecule has 2 aromatic carbocycles. The number of carbonyl (C=O) groups excluding carboxylic acids is 1. The maximum atomic E-state index is 12.7. The number of amides is 1. The van der Waals surface area contributed by atoms with E-state index in [1.807, 2.05) is 24.3 Å². The molecule has 0 aliphatic carbocycles. The molecule has 25 heavy (non-hydrogen) atoms. The molecule has 0 atom stereocenters. The Morgan fingerprint density at radius 1 is 1.16 bits per heavy atom. The van der Waals surface area contributed by atoms with Gasteiger partial charge in [-0.3, -0.25) is 9.69 Å². The SMILES string of the molecule is COc1ccccc1/C=C1/N=C(C)N(c2ccc(C(=O)O)cc2)C1=O. The predicted molar refractivity (Wildman–Crippen MR) is 95.0 cm³/mol. The van der Waals surface area contributed by atoms with Crippen LogP contribution in [-0.2, 0) is 4.79 Å². The third-order valence-electron chi connectivity index (χ3n) is 3.83. The quantitative estimate of drug-likeness (QED) is 0.870. The molecule has 6 heteroatoms. The lowest BCUT2D eigenvalue weighted by atomic mass is 10.1. The summed E-state index contributed by atoms with van der Waals surface area (Å²) in [5.74, 6) is -0.109. The van der Waals surface area contributed by atoms with Crippen molar-refractivity contribution < 1.29 is 19.4 Å². The van der Waals surface area contributed by atoms with Gasteiger partial charge in [-0.1, -0.05) is 18.2 Å². The van der Waals surface area contributed by atoms with Gasteiger partial charge in [-0.05, 0) is 43.3 Å². The maximum absolute atomic E-state index is 12.7. The molecule has 2 aromatic rings. The Morgan fingerprint density at radius 3 is 2.48 bits per heavy atom. The first-order valence-electron chi connectivity index (χ1n) is 7.59. The molecule has 0 fully saturated rings. The second kappa shape index (κ2) is 6.60. The number of anilines is 1. The van der Waals surface area contributed by atoms with Gasteiger partial charge in [0.25, 0.3) is 5.91 Å². The Kier molecular flexibility index (Phi) is 4.35. The minimum absolute atomic E-state index is 0.162. The van der Waals surface area contributed by atoms with Gasteiger partial charge in [0.05, 0.1) is 18.4 Å². The normalized spacial score (nSPS) is 15.4. The minimum Gasteiger partial charge on any atom is -0.496 e. The molecule has 0 aromatic heterocycles. The van der Waals surface area contributed by atoms with Crippen molar-refractivity contribution in [3.05, 3.63) is 65.4 Å².